The van der Waals surface area contributed by atoms with Gasteiger partial charge in [0.05, 0.1) is 0 Å². The molecule has 1 spiro atoms. The van der Waals surface area contributed by atoms with Crippen molar-refractivity contribution in [3.05, 3.63) is 72.3 Å². The van der Waals surface area contributed by atoms with Crippen LogP contribution in [0.4, 0.5) is 8.78 Å². The molecule has 34 heavy (non-hydrogen) atoms. The lowest BCUT2D eigenvalue weighted by Gasteiger charge is -2.37. The highest BCUT2D eigenvalue weighted by atomic mass is 19.3. The van der Waals surface area contributed by atoms with Gasteiger partial charge in [-0.2, -0.15) is 8.78 Å². The number of rotatable bonds is 5. The highest BCUT2D eigenvalue weighted by molar-refractivity contribution is 6.07. The molecule has 0 aliphatic carbocycles. The van der Waals surface area contributed by atoms with Gasteiger partial charge in [0, 0.05) is 43.4 Å². The van der Waals surface area contributed by atoms with Crippen LogP contribution in [0.15, 0.2) is 66.2 Å². The first kappa shape index (κ1) is 21.7. The van der Waals surface area contributed by atoms with Crippen molar-refractivity contribution >= 4 is 11.9 Å². The number of carbonyl (C=O) groups is 1. The zero-order valence-electron chi connectivity index (χ0n) is 18.2. The van der Waals surface area contributed by atoms with Crippen molar-refractivity contribution in [2.75, 3.05) is 7.05 Å². The molecular formula is C24H21F2N5O3. The fourth-order valence-corrected chi connectivity index (χ4v) is 4.44. The fourth-order valence-electron chi connectivity index (χ4n) is 4.44. The van der Waals surface area contributed by atoms with Crippen molar-refractivity contribution in [3.8, 4) is 22.6 Å². The molecule has 0 fully saturated rings. The van der Waals surface area contributed by atoms with E-state index < -0.39 is 18.3 Å². The lowest BCUT2D eigenvalue weighted by molar-refractivity contribution is -0.132. The molecule has 10 heteroatoms. The van der Waals surface area contributed by atoms with Crippen molar-refractivity contribution in [1.29, 1.82) is 0 Å². The van der Waals surface area contributed by atoms with E-state index in [2.05, 4.69) is 19.7 Å². The van der Waals surface area contributed by atoms with Crippen molar-refractivity contribution < 1.29 is 23.0 Å². The van der Waals surface area contributed by atoms with Gasteiger partial charge >= 0.3 is 6.61 Å². The first-order valence-electron chi connectivity index (χ1n) is 10.6. The summed E-state index contributed by atoms with van der Waals surface area (Å²) in [6.07, 6.45) is 5.15. The van der Waals surface area contributed by atoms with E-state index in [0.29, 0.717) is 17.7 Å². The molecule has 5 rings (SSSR count). The Morgan fingerprint density at radius 2 is 1.91 bits per heavy atom. The van der Waals surface area contributed by atoms with Gasteiger partial charge in [-0.3, -0.25) is 9.69 Å². The van der Waals surface area contributed by atoms with Crippen LogP contribution in [0, 0.1) is 0 Å². The van der Waals surface area contributed by atoms with Crippen molar-refractivity contribution in [2.45, 2.75) is 31.1 Å². The zero-order valence-corrected chi connectivity index (χ0v) is 18.2. The maximum absolute atomic E-state index is 13.4. The molecule has 0 unspecified atom stereocenters. The normalized spacial score (nSPS) is 21.4. The molecule has 1 amide bonds. The molecule has 0 saturated heterocycles. The number of guanidine groups is 1. The Labute approximate surface area is 194 Å². The van der Waals surface area contributed by atoms with Crippen LogP contribution in [-0.4, -0.2) is 46.5 Å². The third kappa shape index (κ3) is 3.81. The van der Waals surface area contributed by atoms with Gasteiger partial charge < -0.3 is 15.2 Å². The van der Waals surface area contributed by atoms with E-state index in [0.717, 1.165) is 16.7 Å². The summed E-state index contributed by atoms with van der Waals surface area (Å²) in [5.41, 5.74) is 7.93. The smallest absolute Gasteiger partial charge is 0.387 e. The molecule has 2 aliphatic rings. The monoisotopic (exact) mass is 465 g/mol. The first-order chi connectivity index (χ1) is 16.4. The molecule has 8 nitrogen and oxygen atoms in total. The van der Waals surface area contributed by atoms with Gasteiger partial charge in [-0.15, -0.1) is 0 Å². The number of nitrogens with two attached hydrogens (primary N) is 1. The summed E-state index contributed by atoms with van der Waals surface area (Å²) in [7, 11) is 1.59. The number of amides is 1. The van der Waals surface area contributed by atoms with E-state index in [-0.39, 0.29) is 24.0 Å². The Morgan fingerprint density at radius 1 is 1.18 bits per heavy atom. The number of alkyl halides is 2. The molecular weight excluding hydrogens is 444 g/mol. The number of ether oxygens (including phenoxy) is 2. The summed E-state index contributed by atoms with van der Waals surface area (Å²) < 4.78 is 35.5. The summed E-state index contributed by atoms with van der Waals surface area (Å²) in [6.45, 7) is -2.88. The van der Waals surface area contributed by atoms with E-state index in [1.165, 1.54) is 23.4 Å². The van der Waals surface area contributed by atoms with Crippen LogP contribution >= 0.6 is 0 Å². The number of hydrogen-bond donors (Lipinski definition) is 1. The van der Waals surface area contributed by atoms with Gasteiger partial charge in [-0.1, -0.05) is 18.2 Å². The van der Waals surface area contributed by atoms with Crippen LogP contribution in [0.25, 0.3) is 11.1 Å². The lowest BCUT2D eigenvalue weighted by atomic mass is 9.79. The van der Waals surface area contributed by atoms with E-state index in [1.807, 2.05) is 18.2 Å². The first-order valence-corrected chi connectivity index (χ1v) is 10.6. The molecule has 2 aromatic carbocycles. The standard InChI is InChI=1S/C24H21F2N5O3/c1-31-21(32)24(30-23(31)27)10-18(8-14-2-5-17(6-3-14)34-22(25)26)33-20-7-4-15(9-19(20)24)16-11-28-13-29-12-16/h2-7,9,11-13,18,22H,8,10H2,1H3,(H2,27,30)/t18-,24-/m1/s1. The minimum absolute atomic E-state index is 0.0764. The Balaban J connectivity index is 1.50. The maximum Gasteiger partial charge on any atom is 0.387 e. The molecule has 0 bridgehead atoms. The average Bonchev–Trinajstić information content (AvgIpc) is 3.04. The molecule has 0 saturated carbocycles. The Kier molecular flexibility index (Phi) is 5.35. The van der Waals surface area contributed by atoms with Crippen molar-refractivity contribution in [2.24, 2.45) is 10.7 Å². The topological polar surface area (TPSA) is 103 Å². The molecule has 0 radical (unpaired) electrons. The molecule has 3 aromatic rings. The van der Waals surface area contributed by atoms with Gasteiger partial charge in [-0.25, -0.2) is 15.0 Å². The average molecular weight is 465 g/mol. The van der Waals surface area contributed by atoms with Crippen LogP contribution in [0.2, 0.25) is 0 Å². The maximum atomic E-state index is 13.4. The van der Waals surface area contributed by atoms with Gasteiger partial charge in [0.25, 0.3) is 5.91 Å². The zero-order chi connectivity index (χ0) is 23.9. The third-order valence-corrected chi connectivity index (χ3v) is 6.06. The summed E-state index contributed by atoms with van der Waals surface area (Å²) >= 11 is 0. The van der Waals surface area contributed by atoms with Crippen LogP contribution in [0.5, 0.6) is 11.5 Å². The fraction of sp³-hybridized carbons (Fsp3) is 0.250. The molecule has 2 atom stereocenters. The number of carbonyl (C=O) groups excluding carboxylic acids is 1. The number of likely N-dealkylation sites (N-methyl/N-ethyl adjacent to an activating group) is 1. The molecule has 2 N–H and O–H groups in total. The van der Waals surface area contributed by atoms with Gasteiger partial charge in [0.2, 0.25) is 0 Å². The molecule has 1 aromatic heterocycles. The summed E-state index contributed by atoms with van der Waals surface area (Å²) in [5, 5.41) is 0. The van der Waals surface area contributed by atoms with Crippen LogP contribution in [0.3, 0.4) is 0 Å². The minimum atomic E-state index is -2.88. The summed E-state index contributed by atoms with van der Waals surface area (Å²) in [5.74, 6) is 0.516. The Bertz CT molecular complexity index is 1250. The SMILES string of the molecule is CN1C(=O)[C@]2(C[C@@H](Cc3ccc(OC(F)F)cc3)Oc3ccc(-c4cncnc4)cc32)N=C1N. The number of fused-ring (bicyclic) bond motifs is 2. The van der Waals surface area contributed by atoms with Gasteiger partial charge in [0.15, 0.2) is 11.5 Å². The number of hydrogen-bond acceptors (Lipinski definition) is 7. The van der Waals surface area contributed by atoms with Gasteiger partial charge in [0.1, 0.15) is 23.9 Å². The number of nitrogens with zero attached hydrogens (tertiary/aromatic N) is 4. The van der Waals surface area contributed by atoms with E-state index in [4.69, 9.17) is 10.5 Å². The number of aliphatic imine (C=N–C) groups is 1. The highest BCUT2D eigenvalue weighted by Gasteiger charge is 2.53. The van der Waals surface area contributed by atoms with E-state index >= 15 is 0 Å². The summed E-state index contributed by atoms with van der Waals surface area (Å²) in [6, 6.07) is 11.9. The highest BCUT2D eigenvalue weighted by Crippen LogP contribution is 2.47. The number of benzene rings is 2. The quantitative estimate of drug-likeness (QED) is 0.621. The third-order valence-electron chi connectivity index (χ3n) is 6.06. The molecule has 174 valence electrons. The van der Waals surface area contributed by atoms with Crippen LogP contribution in [-0.2, 0) is 16.8 Å². The van der Waals surface area contributed by atoms with Gasteiger partial charge in [-0.05, 0) is 35.4 Å². The second-order valence-electron chi connectivity index (χ2n) is 8.20. The summed E-state index contributed by atoms with van der Waals surface area (Å²) in [4.78, 5) is 27.5. The second-order valence-corrected chi connectivity index (χ2v) is 8.20. The number of aromatic nitrogens is 2. The van der Waals surface area contributed by atoms with Crippen molar-refractivity contribution in [1.82, 2.24) is 14.9 Å². The van der Waals surface area contributed by atoms with E-state index in [1.54, 1.807) is 31.6 Å². The lowest BCUT2D eigenvalue weighted by Crippen LogP contribution is -2.46. The molecule has 3 heterocycles. The van der Waals surface area contributed by atoms with E-state index in [9.17, 15) is 13.6 Å². The van der Waals surface area contributed by atoms with Crippen molar-refractivity contribution in [3.63, 3.8) is 0 Å². The number of halogens is 2. The molecule has 2 aliphatic heterocycles. The Hall–Kier alpha value is -4.08. The predicted octanol–water partition coefficient (Wildman–Crippen LogP) is 3.12. The predicted molar refractivity (Wildman–Crippen MR) is 119 cm³/mol. The minimum Gasteiger partial charge on any atom is -0.490 e. The van der Waals surface area contributed by atoms with Crippen LogP contribution in [0.1, 0.15) is 17.5 Å². The largest absolute Gasteiger partial charge is 0.490 e. The Morgan fingerprint density at radius 3 is 2.56 bits per heavy atom. The van der Waals surface area contributed by atoms with Crippen LogP contribution < -0.4 is 15.2 Å². The second kappa shape index (κ2) is 8.36.